The molecule has 2 rings (SSSR count). The van der Waals surface area contributed by atoms with Crippen LogP contribution in [0.3, 0.4) is 0 Å². The van der Waals surface area contributed by atoms with Gasteiger partial charge in [-0.05, 0) is 37.1 Å². The van der Waals surface area contributed by atoms with E-state index >= 15 is 0 Å². The topological polar surface area (TPSA) is 92.8 Å². The van der Waals surface area contributed by atoms with Crippen LogP contribution in [0.15, 0.2) is 29.2 Å². The highest BCUT2D eigenvalue weighted by Crippen LogP contribution is 2.17. The first kappa shape index (κ1) is 19.7. The molecular weight excluding hydrogens is 368 g/mol. The molecule has 1 amide bonds. The number of esters is 1. The summed E-state index contributed by atoms with van der Waals surface area (Å²) in [7, 11) is -2.34. The summed E-state index contributed by atoms with van der Waals surface area (Å²) in [5.41, 5.74) is 0. The van der Waals surface area contributed by atoms with Crippen molar-refractivity contribution in [2.45, 2.75) is 36.6 Å². The van der Waals surface area contributed by atoms with E-state index in [-0.39, 0.29) is 35.7 Å². The van der Waals surface area contributed by atoms with Gasteiger partial charge in [-0.15, -0.1) is 0 Å². The quantitative estimate of drug-likeness (QED) is 0.715. The van der Waals surface area contributed by atoms with Crippen LogP contribution in [0.1, 0.15) is 25.7 Å². The van der Waals surface area contributed by atoms with Crippen molar-refractivity contribution in [3.8, 4) is 0 Å². The Morgan fingerprint density at radius 3 is 2.60 bits per heavy atom. The summed E-state index contributed by atoms with van der Waals surface area (Å²) in [6, 6.07) is 5.58. The number of nitrogens with zero attached hydrogens (tertiary/aromatic N) is 1. The molecule has 1 unspecified atom stereocenters. The summed E-state index contributed by atoms with van der Waals surface area (Å²) in [6.07, 6.45) is 1.41. The van der Waals surface area contributed by atoms with Gasteiger partial charge < -0.3 is 9.64 Å². The monoisotopic (exact) mass is 388 g/mol. The Morgan fingerprint density at radius 1 is 1.28 bits per heavy atom. The van der Waals surface area contributed by atoms with E-state index in [9.17, 15) is 18.0 Å². The highest BCUT2D eigenvalue weighted by Gasteiger charge is 2.29. The fourth-order valence-electron chi connectivity index (χ4n) is 2.63. The lowest BCUT2D eigenvalue weighted by molar-refractivity contribution is -0.140. The van der Waals surface area contributed by atoms with E-state index in [1.807, 2.05) is 0 Å². The highest BCUT2D eigenvalue weighted by molar-refractivity contribution is 7.89. The number of benzene rings is 1. The van der Waals surface area contributed by atoms with Gasteiger partial charge in [0.25, 0.3) is 0 Å². The minimum Gasteiger partial charge on any atom is -0.469 e. The normalized spacial score (nSPS) is 17.5. The second-order valence-electron chi connectivity index (χ2n) is 5.83. The maximum atomic E-state index is 12.3. The molecule has 0 radical (unpaired) electrons. The third kappa shape index (κ3) is 5.69. The van der Waals surface area contributed by atoms with Crippen molar-refractivity contribution in [1.29, 1.82) is 0 Å². The van der Waals surface area contributed by atoms with Gasteiger partial charge in [0.15, 0.2) is 0 Å². The third-order valence-electron chi connectivity index (χ3n) is 3.99. The van der Waals surface area contributed by atoms with Crippen LogP contribution in [0.5, 0.6) is 0 Å². The van der Waals surface area contributed by atoms with Gasteiger partial charge in [0.2, 0.25) is 15.9 Å². The van der Waals surface area contributed by atoms with Crippen LogP contribution in [0.25, 0.3) is 0 Å². The Morgan fingerprint density at radius 2 is 1.96 bits per heavy atom. The summed E-state index contributed by atoms with van der Waals surface area (Å²) in [5, 5.41) is 0.462. The lowest BCUT2D eigenvalue weighted by atomic mass is 10.2. The van der Waals surface area contributed by atoms with Gasteiger partial charge in [0.05, 0.1) is 12.0 Å². The number of sulfonamides is 1. The molecule has 1 N–H and O–H groups in total. The molecule has 0 saturated carbocycles. The van der Waals surface area contributed by atoms with Crippen molar-refractivity contribution >= 4 is 33.5 Å². The van der Waals surface area contributed by atoms with E-state index in [1.54, 1.807) is 4.90 Å². The maximum Gasteiger partial charge on any atom is 0.305 e. The number of hydrogen-bond acceptors (Lipinski definition) is 5. The van der Waals surface area contributed by atoms with Crippen molar-refractivity contribution in [3.63, 3.8) is 0 Å². The number of hydrogen-bond donors (Lipinski definition) is 1. The highest BCUT2D eigenvalue weighted by atomic mass is 35.5. The van der Waals surface area contributed by atoms with Crippen molar-refractivity contribution in [2.24, 2.45) is 0 Å². The number of nitrogens with one attached hydrogen (secondary N) is 1. The van der Waals surface area contributed by atoms with Gasteiger partial charge in [0.1, 0.15) is 0 Å². The Hall–Kier alpha value is -1.64. The number of ether oxygens (including phenoxy) is 1. The fraction of sp³-hybridized carbons (Fsp3) is 0.500. The van der Waals surface area contributed by atoms with Crippen LogP contribution in [0.4, 0.5) is 0 Å². The second-order valence-corrected chi connectivity index (χ2v) is 7.98. The average molecular weight is 389 g/mol. The number of likely N-dealkylation sites (tertiary alicyclic amines) is 1. The first-order valence-electron chi connectivity index (χ1n) is 7.94. The second kappa shape index (κ2) is 8.64. The Bertz CT molecular complexity index is 721. The lowest BCUT2D eigenvalue weighted by Crippen LogP contribution is -2.38. The molecule has 1 aromatic carbocycles. The maximum absolute atomic E-state index is 12.3. The number of halogens is 1. The van der Waals surface area contributed by atoms with Crippen LogP contribution in [-0.2, 0) is 24.3 Å². The molecular formula is C16H21ClN2O5S. The zero-order valence-corrected chi connectivity index (χ0v) is 15.5. The zero-order chi connectivity index (χ0) is 18.4. The first-order valence-corrected chi connectivity index (χ1v) is 9.80. The molecule has 1 fully saturated rings. The number of amides is 1. The third-order valence-corrected chi connectivity index (χ3v) is 5.77. The molecule has 0 aromatic heterocycles. The molecule has 7 nitrogen and oxygen atoms in total. The molecule has 1 saturated heterocycles. The van der Waals surface area contributed by atoms with Gasteiger partial charge in [-0.2, -0.15) is 0 Å². The van der Waals surface area contributed by atoms with Crippen molar-refractivity contribution in [3.05, 3.63) is 29.3 Å². The van der Waals surface area contributed by atoms with E-state index in [0.29, 0.717) is 31.0 Å². The van der Waals surface area contributed by atoms with Gasteiger partial charge in [-0.3, -0.25) is 9.59 Å². The van der Waals surface area contributed by atoms with Crippen molar-refractivity contribution < 1.29 is 22.7 Å². The summed E-state index contributed by atoms with van der Waals surface area (Å²) >= 11 is 5.77. The van der Waals surface area contributed by atoms with Crippen LogP contribution in [0.2, 0.25) is 5.02 Å². The first-order chi connectivity index (χ1) is 11.8. The molecule has 1 aliphatic rings. The molecule has 9 heteroatoms. The van der Waals surface area contributed by atoms with E-state index in [0.717, 1.165) is 0 Å². The van der Waals surface area contributed by atoms with Crippen LogP contribution < -0.4 is 4.72 Å². The van der Waals surface area contributed by atoms with E-state index in [2.05, 4.69) is 9.46 Å². The largest absolute Gasteiger partial charge is 0.469 e. The summed E-state index contributed by atoms with van der Waals surface area (Å²) in [4.78, 5) is 24.9. The summed E-state index contributed by atoms with van der Waals surface area (Å²) < 4.78 is 31.8. The number of carbonyl (C=O) groups excluding carboxylic acids is 2. The van der Waals surface area contributed by atoms with E-state index in [1.165, 1.54) is 31.4 Å². The Kier molecular flexibility index (Phi) is 6.80. The van der Waals surface area contributed by atoms with Crippen LogP contribution in [-0.4, -0.2) is 51.4 Å². The van der Waals surface area contributed by atoms with Gasteiger partial charge in [0, 0.05) is 37.0 Å². The van der Waals surface area contributed by atoms with Crippen molar-refractivity contribution in [2.75, 3.05) is 20.2 Å². The fourth-order valence-corrected chi connectivity index (χ4v) is 4.02. The van der Waals surface area contributed by atoms with E-state index in [4.69, 9.17) is 11.6 Å². The number of carbonyl (C=O) groups is 2. The molecule has 1 atom stereocenters. The smallest absolute Gasteiger partial charge is 0.305 e. The average Bonchev–Trinajstić information content (AvgIpc) is 3.02. The molecule has 25 heavy (non-hydrogen) atoms. The molecule has 0 bridgehead atoms. The van der Waals surface area contributed by atoms with Crippen LogP contribution >= 0.6 is 11.6 Å². The van der Waals surface area contributed by atoms with E-state index < -0.39 is 10.0 Å². The number of methoxy groups -OCH3 is 1. The molecule has 138 valence electrons. The Balaban J connectivity index is 1.84. The zero-order valence-electron chi connectivity index (χ0n) is 13.9. The molecule has 1 heterocycles. The number of rotatable bonds is 7. The summed E-state index contributed by atoms with van der Waals surface area (Å²) in [5.74, 6) is -0.431. The lowest BCUT2D eigenvalue weighted by Gasteiger charge is -2.17. The van der Waals surface area contributed by atoms with Crippen LogP contribution in [0, 0.1) is 0 Å². The SMILES string of the molecule is COC(=O)CCCC(=O)N1CCC(NS(=O)(=O)c2ccc(Cl)cc2)C1. The molecule has 1 aliphatic heterocycles. The standard InChI is InChI=1S/C16H21ClN2O5S/c1-24-16(21)4-2-3-15(20)19-10-9-13(11-19)18-25(22,23)14-7-5-12(17)6-8-14/h5-8,13,18H,2-4,9-11H2,1H3. The van der Waals surface area contributed by atoms with Gasteiger partial charge in [-0.1, -0.05) is 11.6 Å². The van der Waals surface area contributed by atoms with Crippen molar-refractivity contribution in [1.82, 2.24) is 9.62 Å². The predicted molar refractivity (Wildman–Crippen MR) is 92.6 cm³/mol. The molecule has 0 spiro atoms. The van der Waals surface area contributed by atoms with Gasteiger partial charge in [-0.25, -0.2) is 13.1 Å². The van der Waals surface area contributed by atoms with Gasteiger partial charge >= 0.3 is 5.97 Å². The minimum absolute atomic E-state index is 0.0860. The molecule has 1 aromatic rings. The minimum atomic E-state index is -3.65. The summed E-state index contributed by atoms with van der Waals surface area (Å²) in [6.45, 7) is 0.814. The molecule has 0 aliphatic carbocycles. The predicted octanol–water partition coefficient (Wildman–Crippen LogP) is 1.56. The Labute approximate surface area is 152 Å².